The smallest absolute Gasteiger partial charge is 0.330 e. The lowest BCUT2D eigenvalue weighted by Gasteiger charge is -2.24. The minimum atomic E-state index is -4.07. The van der Waals surface area contributed by atoms with E-state index in [1.54, 1.807) is 4.90 Å². The van der Waals surface area contributed by atoms with Crippen LogP contribution in [-0.4, -0.2) is 36.8 Å². The molecule has 0 aromatic rings. The van der Waals surface area contributed by atoms with Gasteiger partial charge in [-0.25, -0.2) is 0 Å². The lowest BCUT2D eigenvalue weighted by molar-refractivity contribution is -0.147. The maximum atomic E-state index is 12.5. The Kier molecular flexibility index (Phi) is 7.15. The highest BCUT2D eigenvalue weighted by atomic mass is 19.4. The van der Waals surface area contributed by atoms with Crippen LogP contribution in [0, 0.1) is 5.92 Å². The van der Waals surface area contributed by atoms with Gasteiger partial charge in [0.15, 0.2) is 0 Å². The predicted octanol–water partition coefficient (Wildman–Crippen LogP) is 3.56. The zero-order valence-corrected chi connectivity index (χ0v) is 11.9. The van der Waals surface area contributed by atoms with E-state index >= 15 is 0 Å². The van der Waals surface area contributed by atoms with Crippen molar-refractivity contribution in [1.29, 1.82) is 0 Å². The van der Waals surface area contributed by atoms with E-state index in [1.807, 2.05) is 0 Å². The SMILES string of the molecule is CCCC(CCN)CCCN(CC(F)(F)F)C1CC1. The normalized spacial score (nSPS) is 18.0. The number of hydrogen-bond acceptors (Lipinski definition) is 2. The quantitative estimate of drug-likeness (QED) is 0.663. The summed E-state index contributed by atoms with van der Waals surface area (Å²) in [4.78, 5) is 1.62. The van der Waals surface area contributed by atoms with E-state index in [9.17, 15) is 13.2 Å². The zero-order valence-electron chi connectivity index (χ0n) is 11.9. The summed E-state index contributed by atoms with van der Waals surface area (Å²) in [6.45, 7) is 2.66. The number of nitrogens with zero attached hydrogens (tertiary/aromatic N) is 1. The van der Waals surface area contributed by atoms with Crippen LogP contribution >= 0.6 is 0 Å². The molecule has 1 aliphatic carbocycles. The average molecular weight is 280 g/mol. The lowest BCUT2D eigenvalue weighted by atomic mass is 9.94. The van der Waals surface area contributed by atoms with E-state index < -0.39 is 12.7 Å². The minimum absolute atomic E-state index is 0.181. The molecule has 0 bridgehead atoms. The third kappa shape index (κ3) is 7.78. The fraction of sp³-hybridized carbons (Fsp3) is 1.00. The highest BCUT2D eigenvalue weighted by Gasteiger charge is 2.37. The van der Waals surface area contributed by atoms with Gasteiger partial charge in [0.2, 0.25) is 0 Å². The maximum absolute atomic E-state index is 12.5. The summed E-state index contributed by atoms with van der Waals surface area (Å²) in [5.41, 5.74) is 5.57. The molecule has 0 heterocycles. The summed E-state index contributed by atoms with van der Waals surface area (Å²) in [5, 5.41) is 0. The van der Waals surface area contributed by atoms with E-state index in [4.69, 9.17) is 5.73 Å². The Morgan fingerprint density at radius 2 is 1.89 bits per heavy atom. The molecule has 1 aliphatic rings. The van der Waals surface area contributed by atoms with Crippen molar-refractivity contribution in [3.05, 3.63) is 0 Å². The number of alkyl halides is 3. The van der Waals surface area contributed by atoms with Gasteiger partial charge in [0.25, 0.3) is 0 Å². The molecule has 0 aliphatic heterocycles. The topological polar surface area (TPSA) is 29.3 Å². The number of rotatable bonds is 10. The molecule has 1 saturated carbocycles. The largest absolute Gasteiger partial charge is 0.401 e. The van der Waals surface area contributed by atoms with Gasteiger partial charge >= 0.3 is 6.18 Å². The molecule has 2 N–H and O–H groups in total. The van der Waals surface area contributed by atoms with Gasteiger partial charge in [0.05, 0.1) is 6.54 Å². The second-order valence-corrected chi connectivity index (χ2v) is 5.69. The first-order chi connectivity index (χ1) is 8.96. The summed E-state index contributed by atoms with van der Waals surface area (Å²) in [6, 6.07) is 0.181. The molecule has 1 rings (SSSR count). The van der Waals surface area contributed by atoms with E-state index in [-0.39, 0.29) is 6.04 Å². The van der Waals surface area contributed by atoms with Crippen LogP contribution in [0.5, 0.6) is 0 Å². The van der Waals surface area contributed by atoms with Crippen LogP contribution in [0.4, 0.5) is 13.2 Å². The molecule has 0 radical (unpaired) electrons. The van der Waals surface area contributed by atoms with Crippen molar-refractivity contribution in [2.75, 3.05) is 19.6 Å². The average Bonchev–Trinajstić information content (AvgIpc) is 3.10. The van der Waals surface area contributed by atoms with Crippen LogP contribution in [0.2, 0.25) is 0 Å². The first kappa shape index (κ1) is 16.8. The first-order valence-corrected chi connectivity index (χ1v) is 7.47. The Morgan fingerprint density at radius 1 is 1.21 bits per heavy atom. The summed E-state index contributed by atoms with van der Waals surface area (Å²) in [7, 11) is 0. The maximum Gasteiger partial charge on any atom is 0.401 e. The minimum Gasteiger partial charge on any atom is -0.330 e. The molecule has 1 atom stereocenters. The fourth-order valence-corrected chi connectivity index (χ4v) is 2.72. The molecule has 19 heavy (non-hydrogen) atoms. The highest BCUT2D eigenvalue weighted by molar-refractivity contribution is 4.85. The van der Waals surface area contributed by atoms with E-state index in [2.05, 4.69) is 6.92 Å². The van der Waals surface area contributed by atoms with Crippen LogP contribution in [0.15, 0.2) is 0 Å². The second-order valence-electron chi connectivity index (χ2n) is 5.69. The Bertz CT molecular complexity index is 233. The van der Waals surface area contributed by atoms with Crippen LogP contribution in [-0.2, 0) is 0 Å². The monoisotopic (exact) mass is 280 g/mol. The van der Waals surface area contributed by atoms with Gasteiger partial charge in [-0.1, -0.05) is 19.8 Å². The molecule has 0 aromatic heterocycles. The number of hydrogen-bond donors (Lipinski definition) is 1. The van der Waals surface area contributed by atoms with Crippen molar-refractivity contribution in [2.45, 2.75) is 64.1 Å². The molecule has 5 heteroatoms. The van der Waals surface area contributed by atoms with Crippen LogP contribution < -0.4 is 5.73 Å². The molecule has 0 saturated heterocycles. The van der Waals surface area contributed by atoms with Crippen LogP contribution in [0.25, 0.3) is 0 Å². The van der Waals surface area contributed by atoms with Crippen molar-refractivity contribution in [2.24, 2.45) is 11.7 Å². The summed E-state index contributed by atoms with van der Waals surface area (Å²) in [6.07, 6.45) is 2.91. The van der Waals surface area contributed by atoms with Crippen LogP contribution in [0.1, 0.15) is 51.9 Å². The first-order valence-electron chi connectivity index (χ1n) is 7.47. The van der Waals surface area contributed by atoms with Crippen molar-refractivity contribution < 1.29 is 13.2 Å². The molecule has 0 amide bonds. The molecular formula is C14H27F3N2. The third-order valence-corrected chi connectivity index (χ3v) is 3.78. The summed E-state index contributed by atoms with van der Waals surface area (Å²) < 4.78 is 37.4. The summed E-state index contributed by atoms with van der Waals surface area (Å²) in [5.74, 6) is 0.585. The molecule has 0 spiro atoms. The number of halogens is 3. The zero-order chi connectivity index (χ0) is 14.3. The second kappa shape index (κ2) is 8.10. The van der Waals surface area contributed by atoms with Gasteiger partial charge in [-0.2, -0.15) is 13.2 Å². The van der Waals surface area contributed by atoms with Crippen molar-refractivity contribution in [1.82, 2.24) is 4.90 Å². The van der Waals surface area contributed by atoms with E-state index in [0.717, 1.165) is 44.9 Å². The highest BCUT2D eigenvalue weighted by Crippen LogP contribution is 2.30. The molecular weight excluding hydrogens is 253 g/mol. The van der Waals surface area contributed by atoms with Gasteiger partial charge in [0.1, 0.15) is 0 Å². The van der Waals surface area contributed by atoms with Gasteiger partial charge in [0, 0.05) is 6.04 Å². The predicted molar refractivity (Wildman–Crippen MR) is 72.0 cm³/mol. The lowest BCUT2D eigenvalue weighted by Crippen LogP contribution is -2.36. The Hall–Kier alpha value is -0.290. The van der Waals surface area contributed by atoms with Gasteiger partial charge in [-0.15, -0.1) is 0 Å². The summed E-state index contributed by atoms with van der Waals surface area (Å²) >= 11 is 0. The Balaban J connectivity index is 2.27. The molecule has 0 aromatic carbocycles. The van der Waals surface area contributed by atoms with Gasteiger partial charge in [-0.3, -0.25) is 4.90 Å². The number of nitrogens with two attached hydrogens (primary N) is 1. The standard InChI is InChI=1S/C14H27F3N2/c1-2-4-12(8-9-18)5-3-10-19(13-6-7-13)11-14(15,16)17/h12-13H,2-11,18H2,1H3. The molecule has 2 nitrogen and oxygen atoms in total. The molecule has 1 unspecified atom stereocenters. The molecule has 114 valence electrons. The fourth-order valence-electron chi connectivity index (χ4n) is 2.72. The van der Waals surface area contributed by atoms with Crippen molar-refractivity contribution >= 4 is 0 Å². The van der Waals surface area contributed by atoms with Gasteiger partial charge < -0.3 is 5.73 Å². The van der Waals surface area contributed by atoms with Crippen LogP contribution in [0.3, 0.4) is 0 Å². The van der Waals surface area contributed by atoms with E-state index in [0.29, 0.717) is 19.0 Å². The van der Waals surface area contributed by atoms with Crippen molar-refractivity contribution in [3.8, 4) is 0 Å². The Labute approximate surface area is 114 Å². The Morgan fingerprint density at radius 3 is 2.37 bits per heavy atom. The van der Waals surface area contributed by atoms with Crippen molar-refractivity contribution in [3.63, 3.8) is 0 Å². The third-order valence-electron chi connectivity index (χ3n) is 3.78. The van der Waals surface area contributed by atoms with E-state index in [1.165, 1.54) is 0 Å². The van der Waals surface area contributed by atoms with Gasteiger partial charge in [-0.05, 0) is 51.1 Å². The molecule has 1 fully saturated rings.